The highest BCUT2D eigenvalue weighted by Gasteiger charge is 2.42. The van der Waals surface area contributed by atoms with E-state index in [0.29, 0.717) is 13.0 Å². The average Bonchev–Trinajstić information content (AvgIpc) is 2.87. The Hall–Kier alpha value is -3.87. The summed E-state index contributed by atoms with van der Waals surface area (Å²) in [5, 5.41) is 14.5. The summed E-state index contributed by atoms with van der Waals surface area (Å²) >= 11 is 0. The highest BCUT2D eigenvalue weighted by molar-refractivity contribution is 5.82. The maximum absolute atomic E-state index is 13.5. The number of benzene rings is 3. The lowest BCUT2D eigenvalue weighted by Crippen LogP contribution is -2.61. The quantitative estimate of drug-likeness (QED) is 0.462. The third-order valence-electron chi connectivity index (χ3n) is 6.95. The predicted molar refractivity (Wildman–Crippen MR) is 133 cm³/mol. The first-order chi connectivity index (χ1) is 16.5. The molecule has 7 heteroatoms. The summed E-state index contributed by atoms with van der Waals surface area (Å²) in [5.41, 5.74) is 5.36. The number of hydrogen-bond acceptors (Lipinski definition) is 5. The van der Waals surface area contributed by atoms with E-state index in [1.54, 1.807) is 12.1 Å². The van der Waals surface area contributed by atoms with E-state index < -0.39 is 0 Å². The van der Waals surface area contributed by atoms with Gasteiger partial charge in [-0.1, -0.05) is 48.0 Å². The van der Waals surface area contributed by atoms with Crippen LogP contribution in [0.3, 0.4) is 0 Å². The summed E-state index contributed by atoms with van der Waals surface area (Å²) in [6.45, 7) is 4.85. The number of nitro benzene ring substituents is 1. The number of carbonyl (C=O) groups is 1. The van der Waals surface area contributed by atoms with Crippen molar-refractivity contribution in [1.82, 2.24) is 5.32 Å². The SMILES string of the molecule is Cc1ccc(N2CCN3c4ccc([N+](=O)[O-])cc4CC(C(=O)NCc4ccccc4)C3C2)cc1. The van der Waals surface area contributed by atoms with Gasteiger partial charge in [0.25, 0.3) is 5.69 Å². The number of nitrogens with zero attached hydrogens (tertiary/aromatic N) is 3. The molecule has 1 amide bonds. The fraction of sp³-hybridized carbons (Fsp3) is 0.296. The van der Waals surface area contributed by atoms with Crippen LogP contribution in [0, 0.1) is 23.0 Å². The van der Waals surface area contributed by atoms with Crippen molar-refractivity contribution >= 4 is 23.0 Å². The minimum atomic E-state index is -0.369. The molecule has 3 aromatic carbocycles. The zero-order valence-corrected chi connectivity index (χ0v) is 19.2. The van der Waals surface area contributed by atoms with Gasteiger partial charge in [0.05, 0.1) is 16.9 Å². The van der Waals surface area contributed by atoms with Crippen molar-refractivity contribution in [3.8, 4) is 0 Å². The van der Waals surface area contributed by atoms with Crippen molar-refractivity contribution in [2.45, 2.75) is 25.9 Å². The molecule has 2 aliphatic heterocycles. The Morgan fingerprint density at radius 1 is 1.06 bits per heavy atom. The molecule has 0 radical (unpaired) electrons. The molecule has 34 heavy (non-hydrogen) atoms. The third kappa shape index (κ3) is 4.33. The molecular formula is C27H28N4O3. The van der Waals surface area contributed by atoms with Gasteiger partial charge in [0.15, 0.2) is 0 Å². The molecule has 1 saturated heterocycles. The number of nitro groups is 1. The van der Waals surface area contributed by atoms with E-state index in [4.69, 9.17) is 0 Å². The van der Waals surface area contributed by atoms with E-state index in [9.17, 15) is 14.9 Å². The number of aryl methyl sites for hydroxylation is 1. The molecule has 5 rings (SSSR count). The number of non-ortho nitro benzene ring substituents is 1. The second-order valence-electron chi connectivity index (χ2n) is 9.13. The summed E-state index contributed by atoms with van der Waals surface area (Å²) in [5.74, 6) is -0.312. The van der Waals surface area contributed by atoms with Crippen LogP contribution in [-0.4, -0.2) is 36.5 Å². The van der Waals surface area contributed by atoms with Gasteiger partial charge in [-0.05, 0) is 42.7 Å². The maximum Gasteiger partial charge on any atom is 0.269 e. The standard InChI is InChI=1S/C27H28N4O3/c1-19-7-9-22(10-8-19)29-13-14-30-25-12-11-23(31(33)34)15-21(25)16-24(26(30)18-29)27(32)28-17-20-5-3-2-4-6-20/h2-12,15,24,26H,13-14,16-18H2,1H3,(H,28,32). The highest BCUT2D eigenvalue weighted by Crippen LogP contribution is 2.38. The number of anilines is 2. The number of amides is 1. The topological polar surface area (TPSA) is 78.7 Å². The molecule has 0 aromatic heterocycles. The van der Waals surface area contributed by atoms with Crippen LogP contribution in [0.1, 0.15) is 16.7 Å². The Morgan fingerprint density at radius 2 is 1.82 bits per heavy atom. The molecule has 0 spiro atoms. The normalized spacial score (nSPS) is 19.2. The van der Waals surface area contributed by atoms with Crippen LogP contribution < -0.4 is 15.1 Å². The van der Waals surface area contributed by atoms with Crippen molar-refractivity contribution < 1.29 is 9.72 Å². The molecule has 0 saturated carbocycles. The van der Waals surface area contributed by atoms with Crippen molar-refractivity contribution in [1.29, 1.82) is 0 Å². The third-order valence-corrected chi connectivity index (χ3v) is 6.95. The van der Waals surface area contributed by atoms with Crippen LogP contribution in [0.4, 0.5) is 17.1 Å². The molecule has 0 bridgehead atoms. The number of nitrogens with one attached hydrogen (secondary N) is 1. The van der Waals surface area contributed by atoms with Crippen LogP contribution in [0.25, 0.3) is 0 Å². The van der Waals surface area contributed by atoms with Gasteiger partial charge in [0.2, 0.25) is 5.91 Å². The minimum Gasteiger partial charge on any atom is -0.368 e. The van der Waals surface area contributed by atoms with E-state index >= 15 is 0 Å². The second-order valence-corrected chi connectivity index (χ2v) is 9.13. The molecule has 3 aromatic rings. The molecule has 2 unspecified atom stereocenters. The monoisotopic (exact) mass is 456 g/mol. The first kappa shape index (κ1) is 21.9. The highest BCUT2D eigenvalue weighted by atomic mass is 16.6. The van der Waals surface area contributed by atoms with Crippen LogP contribution in [0.2, 0.25) is 0 Å². The molecule has 2 aliphatic rings. The van der Waals surface area contributed by atoms with Crippen LogP contribution >= 0.6 is 0 Å². The summed E-state index contributed by atoms with van der Waals surface area (Å²) in [4.78, 5) is 29.1. The van der Waals surface area contributed by atoms with Crippen molar-refractivity contribution in [3.63, 3.8) is 0 Å². The first-order valence-corrected chi connectivity index (χ1v) is 11.7. The summed E-state index contributed by atoms with van der Waals surface area (Å²) in [6.07, 6.45) is 0.487. The molecule has 1 N–H and O–H groups in total. The minimum absolute atomic E-state index is 0.0123. The van der Waals surface area contributed by atoms with E-state index in [1.807, 2.05) is 36.4 Å². The Bertz CT molecular complexity index is 1200. The Labute approximate surface area is 199 Å². The van der Waals surface area contributed by atoms with Gasteiger partial charge in [-0.25, -0.2) is 0 Å². The number of fused-ring (bicyclic) bond motifs is 3. The molecule has 0 aliphatic carbocycles. The zero-order valence-electron chi connectivity index (χ0n) is 19.2. The van der Waals surface area contributed by atoms with Gasteiger partial charge in [0, 0.05) is 49.7 Å². The van der Waals surface area contributed by atoms with Gasteiger partial charge in [-0.15, -0.1) is 0 Å². The van der Waals surface area contributed by atoms with Crippen LogP contribution in [0.5, 0.6) is 0 Å². The number of carbonyl (C=O) groups excluding carboxylic acids is 1. The van der Waals surface area contributed by atoms with E-state index in [0.717, 1.165) is 42.1 Å². The van der Waals surface area contributed by atoms with Crippen molar-refractivity contribution in [3.05, 3.63) is 99.6 Å². The van der Waals surface area contributed by atoms with E-state index in [2.05, 4.69) is 46.3 Å². The molecular weight excluding hydrogens is 428 g/mol. The fourth-order valence-corrected chi connectivity index (χ4v) is 5.13. The van der Waals surface area contributed by atoms with Gasteiger partial charge in [0.1, 0.15) is 0 Å². The molecule has 2 atom stereocenters. The fourth-order valence-electron chi connectivity index (χ4n) is 5.13. The lowest BCUT2D eigenvalue weighted by molar-refractivity contribution is -0.384. The Balaban J connectivity index is 1.43. The second kappa shape index (κ2) is 9.17. The van der Waals surface area contributed by atoms with Gasteiger partial charge < -0.3 is 15.1 Å². The number of rotatable bonds is 5. The summed E-state index contributed by atoms with van der Waals surface area (Å²) in [7, 11) is 0. The molecule has 7 nitrogen and oxygen atoms in total. The lowest BCUT2D eigenvalue weighted by Gasteiger charge is -2.49. The average molecular weight is 457 g/mol. The Morgan fingerprint density at radius 3 is 2.56 bits per heavy atom. The Kier molecular flexibility index (Phi) is 5.92. The van der Waals surface area contributed by atoms with Gasteiger partial charge in [-0.2, -0.15) is 0 Å². The molecule has 174 valence electrons. The summed E-state index contributed by atoms with van der Waals surface area (Å²) < 4.78 is 0. The first-order valence-electron chi connectivity index (χ1n) is 11.7. The van der Waals surface area contributed by atoms with Crippen molar-refractivity contribution in [2.75, 3.05) is 29.4 Å². The number of hydrogen-bond donors (Lipinski definition) is 1. The summed E-state index contributed by atoms with van der Waals surface area (Å²) in [6, 6.07) is 23.4. The smallest absolute Gasteiger partial charge is 0.269 e. The maximum atomic E-state index is 13.5. The van der Waals surface area contributed by atoms with Crippen molar-refractivity contribution in [2.24, 2.45) is 5.92 Å². The molecule has 1 fully saturated rings. The predicted octanol–water partition coefficient (Wildman–Crippen LogP) is 4.09. The lowest BCUT2D eigenvalue weighted by atomic mass is 9.83. The zero-order chi connectivity index (χ0) is 23.7. The number of piperazine rings is 1. The van der Waals surface area contributed by atoms with E-state index in [1.165, 1.54) is 5.56 Å². The molecule has 2 heterocycles. The van der Waals surface area contributed by atoms with E-state index in [-0.39, 0.29) is 28.5 Å². The largest absolute Gasteiger partial charge is 0.368 e. The van der Waals surface area contributed by atoms with Gasteiger partial charge >= 0.3 is 0 Å². The van der Waals surface area contributed by atoms with Crippen LogP contribution in [0.15, 0.2) is 72.8 Å². The van der Waals surface area contributed by atoms with Gasteiger partial charge in [-0.3, -0.25) is 14.9 Å². The van der Waals surface area contributed by atoms with Crippen LogP contribution in [-0.2, 0) is 17.8 Å².